The predicted molar refractivity (Wildman–Crippen MR) is 72.4 cm³/mol. The minimum Gasteiger partial charge on any atom is -0.271 e. The molecule has 0 aliphatic carbocycles. The molecule has 2 aromatic rings. The van der Waals surface area contributed by atoms with Crippen molar-refractivity contribution in [3.05, 3.63) is 23.3 Å². The first-order valence-corrected chi connectivity index (χ1v) is 7.54. The smallest absolute Gasteiger partial charge is 0.245 e. The minimum atomic E-state index is -3.70. The second kappa shape index (κ2) is 4.67. The van der Waals surface area contributed by atoms with E-state index in [9.17, 15) is 8.42 Å². The third kappa shape index (κ3) is 2.46. The molecule has 0 unspecified atom stereocenters. The van der Waals surface area contributed by atoms with Gasteiger partial charge in [-0.25, -0.2) is 8.42 Å². The van der Waals surface area contributed by atoms with E-state index in [2.05, 4.69) is 25.2 Å². The van der Waals surface area contributed by atoms with Crippen molar-refractivity contribution in [3.8, 4) is 0 Å². The summed E-state index contributed by atoms with van der Waals surface area (Å²) in [6.07, 6.45) is 1.49. The Morgan fingerprint density at radius 1 is 1.35 bits per heavy atom. The standard InChI is InChI=1S/C11H18N6O2S/c1-7-10(8(2)17(5)14-7)20(18,19)15-11(3,4)9-6-12-16-13-9/h6,15H,1-5H3,(H,12,13,16). The van der Waals surface area contributed by atoms with Crippen LogP contribution in [0, 0.1) is 13.8 Å². The van der Waals surface area contributed by atoms with E-state index in [1.54, 1.807) is 39.4 Å². The summed E-state index contributed by atoms with van der Waals surface area (Å²) < 4.78 is 29.3. The molecule has 110 valence electrons. The van der Waals surface area contributed by atoms with Crippen molar-refractivity contribution >= 4 is 10.0 Å². The molecular formula is C11H18N6O2S. The van der Waals surface area contributed by atoms with Crippen LogP contribution in [-0.4, -0.2) is 33.6 Å². The van der Waals surface area contributed by atoms with E-state index >= 15 is 0 Å². The van der Waals surface area contributed by atoms with Crippen LogP contribution in [0.3, 0.4) is 0 Å². The zero-order valence-electron chi connectivity index (χ0n) is 12.1. The molecule has 20 heavy (non-hydrogen) atoms. The maximum atomic E-state index is 12.6. The van der Waals surface area contributed by atoms with Gasteiger partial charge in [-0.1, -0.05) is 0 Å². The summed E-state index contributed by atoms with van der Waals surface area (Å²) >= 11 is 0. The number of hydrogen-bond acceptors (Lipinski definition) is 5. The number of nitrogens with zero attached hydrogens (tertiary/aromatic N) is 4. The third-order valence-electron chi connectivity index (χ3n) is 3.16. The minimum absolute atomic E-state index is 0.205. The number of aryl methyl sites for hydroxylation is 2. The highest BCUT2D eigenvalue weighted by molar-refractivity contribution is 7.89. The molecule has 0 amide bonds. The zero-order chi connectivity index (χ0) is 15.1. The van der Waals surface area contributed by atoms with E-state index in [0.29, 0.717) is 17.1 Å². The van der Waals surface area contributed by atoms with E-state index in [1.165, 1.54) is 6.20 Å². The number of sulfonamides is 1. The molecule has 8 nitrogen and oxygen atoms in total. The number of aromatic nitrogens is 5. The average Bonchev–Trinajstić information content (AvgIpc) is 2.87. The summed E-state index contributed by atoms with van der Waals surface area (Å²) in [6.45, 7) is 6.84. The van der Waals surface area contributed by atoms with Crippen molar-refractivity contribution in [2.45, 2.75) is 38.1 Å². The number of rotatable bonds is 4. The fourth-order valence-electron chi connectivity index (χ4n) is 2.09. The van der Waals surface area contributed by atoms with Crippen molar-refractivity contribution in [1.82, 2.24) is 29.9 Å². The quantitative estimate of drug-likeness (QED) is 0.848. The lowest BCUT2D eigenvalue weighted by atomic mass is 10.0. The molecule has 0 atom stereocenters. The lowest BCUT2D eigenvalue weighted by Crippen LogP contribution is -2.41. The Labute approximate surface area is 117 Å². The lowest BCUT2D eigenvalue weighted by molar-refractivity contribution is 0.459. The highest BCUT2D eigenvalue weighted by Gasteiger charge is 2.33. The van der Waals surface area contributed by atoms with Gasteiger partial charge < -0.3 is 0 Å². The van der Waals surface area contributed by atoms with Crippen molar-refractivity contribution < 1.29 is 8.42 Å². The Balaban J connectivity index is 2.42. The molecule has 2 N–H and O–H groups in total. The molecule has 2 aromatic heterocycles. The van der Waals surface area contributed by atoms with Crippen LogP contribution in [0.4, 0.5) is 0 Å². The fourth-order valence-corrected chi connectivity index (χ4v) is 3.91. The van der Waals surface area contributed by atoms with Gasteiger partial charge in [-0.15, -0.1) is 0 Å². The number of nitrogens with one attached hydrogen (secondary N) is 2. The highest BCUT2D eigenvalue weighted by atomic mass is 32.2. The molecule has 0 aliphatic heterocycles. The molecule has 0 bridgehead atoms. The molecule has 0 spiro atoms. The fraction of sp³-hybridized carbons (Fsp3) is 0.545. The van der Waals surface area contributed by atoms with Crippen LogP contribution in [-0.2, 0) is 22.6 Å². The molecule has 2 heterocycles. The maximum absolute atomic E-state index is 12.6. The van der Waals surface area contributed by atoms with Crippen LogP contribution in [0.2, 0.25) is 0 Å². The van der Waals surface area contributed by atoms with Gasteiger partial charge in [0.25, 0.3) is 0 Å². The number of hydrogen-bond donors (Lipinski definition) is 2. The van der Waals surface area contributed by atoms with Crippen molar-refractivity contribution in [1.29, 1.82) is 0 Å². The predicted octanol–water partition coefficient (Wildman–Crippen LogP) is 0.369. The van der Waals surface area contributed by atoms with E-state index in [4.69, 9.17) is 0 Å². The van der Waals surface area contributed by atoms with E-state index in [-0.39, 0.29) is 4.90 Å². The zero-order valence-corrected chi connectivity index (χ0v) is 12.9. The van der Waals surface area contributed by atoms with Crippen LogP contribution in [0.5, 0.6) is 0 Å². The molecule has 0 aromatic carbocycles. The van der Waals surface area contributed by atoms with Crippen LogP contribution in [0.1, 0.15) is 30.9 Å². The number of aromatic amines is 1. The summed E-state index contributed by atoms with van der Waals surface area (Å²) in [6, 6.07) is 0. The highest BCUT2D eigenvalue weighted by Crippen LogP contribution is 2.24. The molecule has 2 rings (SSSR count). The van der Waals surface area contributed by atoms with Crippen LogP contribution in [0.15, 0.2) is 11.1 Å². The van der Waals surface area contributed by atoms with E-state index in [1.807, 2.05) is 0 Å². The second-order valence-electron chi connectivity index (χ2n) is 5.21. The van der Waals surface area contributed by atoms with Gasteiger partial charge in [-0.05, 0) is 27.7 Å². The van der Waals surface area contributed by atoms with Gasteiger partial charge in [-0.2, -0.15) is 25.2 Å². The molecule has 0 aliphatic rings. The van der Waals surface area contributed by atoms with Gasteiger partial charge >= 0.3 is 0 Å². The summed E-state index contributed by atoms with van der Waals surface area (Å²) in [7, 11) is -1.99. The Morgan fingerprint density at radius 2 is 2.00 bits per heavy atom. The van der Waals surface area contributed by atoms with Gasteiger partial charge in [-0.3, -0.25) is 4.68 Å². The second-order valence-corrected chi connectivity index (χ2v) is 6.83. The van der Waals surface area contributed by atoms with E-state index < -0.39 is 15.6 Å². The first kappa shape index (κ1) is 14.7. The summed E-state index contributed by atoms with van der Waals surface area (Å²) in [4.78, 5) is 0.205. The SMILES string of the molecule is Cc1nn(C)c(C)c1S(=O)(=O)NC(C)(C)c1cn[nH]n1. The Bertz CT molecular complexity index is 714. The number of H-pyrrole nitrogens is 1. The normalized spacial score (nSPS) is 12.8. The van der Waals surface area contributed by atoms with Crippen molar-refractivity contribution in [2.75, 3.05) is 0 Å². The third-order valence-corrected chi connectivity index (χ3v) is 5.06. The van der Waals surface area contributed by atoms with Crippen LogP contribution in [0.25, 0.3) is 0 Å². The van der Waals surface area contributed by atoms with Gasteiger partial charge in [0.2, 0.25) is 10.0 Å². The lowest BCUT2D eigenvalue weighted by Gasteiger charge is -2.23. The molecule has 0 radical (unpaired) electrons. The maximum Gasteiger partial charge on any atom is 0.245 e. The summed E-state index contributed by atoms with van der Waals surface area (Å²) in [5.41, 5.74) is 0.695. The van der Waals surface area contributed by atoms with Crippen LogP contribution >= 0.6 is 0 Å². The van der Waals surface area contributed by atoms with Crippen molar-refractivity contribution in [3.63, 3.8) is 0 Å². The molecule has 9 heteroatoms. The van der Waals surface area contributed by atoms with E-state index in [0.717, 1.165) is 0 Å². The van der Waals surface area contributed by atoms with Gasteiger partial charge in [0.15, 0.2) is 0 Å². The summed E-state index contributed by atoms with van der Waals surface area (Å²) in [5.74, 6) is 0. The Kier molecular flexibility index (Phi) is 3.42. The summed E-state index contributed by atoms with van der Waals surface area (Å²) in [5, 5.41) is 14.2. The Hall–Kier alpha value is -1.74. The largest absolute Gasteiger partial charge is 0.271 e. The van der Waals surface area contributed by atoms with Crippen molar-refractivity contribution in [2.24, 2.45) is 7.05 Å². The van der Waals surface area contributed by atoms with Gasteiger partial charge in [0, 0.05) is 7.05 Å². The van der Waals surface area contributed by atoms with Crippen LogP contribution < -0.4 is 4.72 Å². The monoisotopic (exact) mass is 298 g/mol. The molecule has 0 saturated carbocycles. The first-order chi connectivity index (χ1) is 9.15. The molecule has 0 saturated heterocycles. The molecular weight excluding hydrogens is 280 g/mol. The van der Waals surface area contributed by atoms with Gasteiger partial charge in [0.1, 0.15) is 10.6 Å². The van der Waals surface area contributed by atoms with Gasteiger partial charge in [0.05, 0.1) is 23.1 Å². The molecule has 0 fully saturated rings. The Morgan fingerprint density at radius 3 is 2.45 bits per heavy atom. The first-order valence-electron chi connectivity index (χ1n) is 6.05. The average molecular weight is 298 g/mol. The topological polar surface area (TPSA) is 106 Å².